The van der Waals surface area contributed by atoms with Gasteiger partial charge in [0, 0.05) is 93.5 Å². The van der Waals surface area contributed by atoms with Crippen LogP contribution in [0.2, 0.25) is 0 Å². The molecule has 0 rings (SSSR count). The maximum atomic E-state index is 8.83. The van der Waals surface area contributed by atoms with Gasteiger partial charge in [-0.1, -0.05) is 141 Å². The smallest absolute Gasteiger partial charge is 0.396 e. The lowest BCUT2D eigenvalue weighted by atomic mass is 10.1. The number of ether oxygens (including phenoxy) is 2. The molecule has 0 heterocycles. The van der Waals surface area contributed by atoms with E-state index in [1.165, 1.54) is 103 Å². The molecule has 376 valence electrons. The van der Waals surface area contributed by atoms with Gasteiger partial charge in [-0.3, -0.25) is 0 Å². The van der Waals surface area contributed by atoms with E-state index in [-0.39, 0.29) is 0 Å². The van der Waals surface area contributed by atoms with E-state index >= 15 is 0 Å². The fraction of sp³-hybridized carbons (Fsp3) is 1.00. The molecular formula is C48H104O12Si2. The van der Waals surface area contributed by atoms with Gasteiger partial charge in [-0.15, -0.1) is 0 Å². The van der Waals surface area contributed by atoms with Crippen LogP contribution in [0.4, 0.5) is 0 Å². The zero-order chi connectivity index (χ0) is 45.3. The SMILES string of the molecule is COCCCCCCCCO[SiH](OCCCCCCCO)OCCCCCCCCO.COCCCCCCCO[SiH](OCCCCCCCCO)OCCCCCCCCO. The lowest BCUT2D eigenvalue weighted by Gasteiger charge is -2.17. The highest BCUT2D eigenvalue weighted by molar-refractivity contribution is 6.36. The lowest BCUT2D eigenvalue weighted by Crippen LogP contribution is -2.28. The minimum absolute atomic E-state index is 0.293. The summed E-state index contributed by atoms with van der Waals surface area (Å²) in [5.74, 6) is 0. The van der Waals surface area contributed by atoms with Gasteiger partial charge in [-0.05, 0) is 77.0 Å². The second-order valence-corrected chi connectivity index (χ2v) is 19.9. The predicted molar refractivity (Wildman–Crippen MR) is 259 cm³/mol. The predicted octanol–water partition coefficient (Wildman–Crippen LogP) is 10.0. The van der Waals surface area contributed by atoms with Crippen LogP contribution < -0.4 is 0 Å². The van der Waals surface area contributed by atoms with Crippen LogP contribution in [0.5, 0.6) is 0 Å². The standard InChI is InChI=1S/2C24H52O6Si/c1-27-21-15-9-6-12-18-24-30-31(28-22-16-10-4-2-7-13-19-25)29-23-17-11-5-3-8-14-20-26;1-27-21-15-9-4-5-11-17-23-29-31(30-24-18-12-6-8-14-20-26)28-22-16-10-3-2-7-13-19-25/h2*25-26,31H,2-24H2,1H3. The van der Waals surface area contributed by atoms with E-state index in [2.05, 4.69) is 0 Å². The van der Waals surface area contributed by atoms with Crippen molar-refractivity contribution < 1.29 is 56.5 Å². The molecule has 14 heteroatoms. The van der Waals surface area contributed by atoms with Gasteiger partial charge < -0.3 is 56.5 Å². The summed E-state index contributed by atoms with van der Waals surface area (Å²) in [5.41, 5.74) is 0. The van der Waals surface area contributed by atoms with Crippen molar-refractivity contribution in [2.75, 3.05) is 93.5 Å². The van der Waals surface area contributed by atoms with Crippen LogP contribution in [0.25, 0.3) is 0 Å². The second kappa shape index (κ2) is 61.0. The first kappa shape index (κ1) is 64.0. The largest absolute Gasteiger partial charge is 0.484 e. The van der Waals surface area contributed by atoms with E-state index in [4.69, 9.17) is 56.5 Å². The van der Waals surface area contributed by atoms with Gasteiger partial charge in [0.15, 0.2) is 0 Å². The third-order valence-electron chi connectivity index (χ3n) is 10.7. The maximum absolute atomic E-state index is 8.83. The number of aliphatic hydroxyl groups excluding tert-OH is 4. The number of aliphatic hydroxyl groups is 4. The Morgan fingerprint density at radius 2 is 0.355 bits per heavy atom. The first-order chi connectivity index (χ1) is 30.7. The van der Waals surface area contributed by atoms with Crippen LogP contribution in [0.1, 0.15) is 218 Å². The van der Waals surface area contributed by atoms with Crippen molar-refractivity contribution in [3.8, 4) is 0 Å². The highest BCUT2D eigenvalue weighted by atomic mass is 28.3. The van der Waals surface area contributed by atoms with E-state index in [1.807, 2.05) is 0 Å². The highest BCUT2D eigenvalue weighted by Gasteiger charge is 2.16. The molecule has 0 aromatic heterocycles. The van der Waals surface area contributed by atoms with Crippen LogP contribution in [-0.4, -0.2) is 133 Å². The summed E-state index contributed by atoms with van der Waals surface area (Å²) in [6.07, 6.45) is 38.3. The van der Waals surface area contributed by atoms with Gasteiger partial charge in [-0.2, -0.15) is 0 Å². The summed E-state index contributed by atoms with van der Waals surface area (Å²) in [6, 6.07) is 0. The Morgan fingerprint density at radius 3 is 0.516 bits per heavy atom. The molecule has 0 saturated heterocycles. The zero-order valence-electron chi connectivity index (χ0n) is 40.7. The molecule has 0 aliphatic carbocycles. The number of hydrogen-bond acceptors (Lipinski definition) is 12. The van der Waals surface area contributed by atoms with Crippen LogP contribution in [0.15, 0.2) is 0 Å². The van der Waals surface area contributed by atoms with Gasteiger partial charge in [0.2, 0.25) is 0 Å². The molecule has 0 fully saturated rings. The van der Waals surface area contributed by atoms with Crippen molar-refractivity contribution in [2.24, 2.45) is 0 Å². The monoisotopic (exact) mass is 929 g/mol. The molecule has 0 aromatic rings. The van der Waals surface area contributed by atoms with Crippen LogP contribution >= 0.6 is 0 Å². The van der Waals surface area contributed by atoms with Gasteiger partial charge in [0.1, 0.15) is 0 Å². The van der Waals surface area contributed by atoms with E-state index < -0.39 is 19.1 Å². The molecule has 0 aliphatic heterocycles. The number of unbranched alkanes of at least 4 members (excludes halogenated alkanes) is 28. The highest BCUT2D eigenvalue weighted by Crippen LogP contribution is 2.12. The van der Waals surface area contributed by atoms with Gasteiger partial charge in [0.25, 0.3) is 0 Å². The molecule has 62 heavy (non-hydrogen) atoms. The fourth-order valence-corrected chi connectivity index (χ4v) is 9.54. The Labute approximate surface area is 386 Å². The zero-order valence-corrected chi connectivity index (χ0v) is 43.0. The van der Waals surface area contributed by atoms with E-state index in [1.54, 1.807) is 14.2 Å². The molecule has 12 nitrogen and oxygen atoms in total. The normalized spacial score (nSPS) is 12.0. The van der Waals surface area contributed by atoms with Crippen LogP contribution in [-0.2, 0) is 36.0 Å². The molecule has 0 saturated carbocycles. The summed E-state index contributed by atoms with van der Waals surface area (Å²) in [4.78, 5) is 0. The van der Waals surface area contributed by atoms with E-state index in [9.17, 15) is 0 Å². The summed E-state index contributed by atoms with van der Waals surface area (Å²) in [6.45, 7) is 7.33. The third-order valence-corrected chi connectivity index (χ3v) is 13.8. The van der Waals surface area contributed by atoms with Crippen molar-refractivity contribution in [1.29, 1.82) is 0 Å². The van der Waals surface area contributed by atoms with Gasteiger partial charge >= 0.3 is 19.1 Å². The number of methoxy groups -OCH3 is 2. The molecule has 0 radical (unpaired) electrons. The first-order valence-corrected chi connectivity index (χ1v) is 28.6. The Bertz CT molecular complexity index is 717. The minimum Gasteiger partial charge on any atom is -0.396 e. The molecule has 0 aliphatic rings. The number of hydrogen-bond donors (Lipinski definition) is 4. The van der Waals surface area contributed by atoms with Crippen molar-refractivity contribution in [2.45, 2.75) is 218 Å². The third kappa shape index (κ3) is 58.0. The molecule has 0 aromatic carbocycles. The van der Waals surface area contributed by atoms with Crippen LogP contribution in [0.3, 0.4) is 0 Å². The Balaban J connectivity index is 0. The molecule has 0 spiro atoms. The first-order valence-electron chi connectivity index (χ1n) is 25.8. The average molecular weight is 930 g/mol. The van der Waals surface area contributed by atoms with Gasteiger partial charge in [0.05, 0.1) is 0 Å². The number of rotatable bonds is 54. The molecule has 0 amide bonds. The maximum Gasteiger partial charge on any atom is 0.484 e. The molecule has 0 bridgehead atoms. The van der Waals surface area contributed by atoms with Crippen molar-refractivity contribution in [3.05, 3.63) is 0 Å². The van der Waals surface area contributed by atoms with E-state index in [0.717, 1.165) is 168 Å². The van der Waals surface area contributed by atoms with Crippen molar-refractivity contribution in [1.82, 2.24) is 0 Å². The average Bonchev–Trinajstić information content (AvgIpc) is 3.28. The quantitative estimate of drug-likeness (QED) is 0.0339. The Morgan fingerprint density at radius 1 is 0.210 bits per heavy atom. The minimum atomic E-state index is -2.03. The second-order valence-electron chi connectivity index (χ2n) is 16.7. The fourth-order valence-electron chi connectivity index (χ4n) is 6.81. The summed E-state index contributed by atoms with van der Waals surface area (Å²) >= 11 is 0. The summed E-state index contributed by atoms with van der Waals surface area (Å²) < 4.78 is 46.2. The Hall–Kier alpha value is -0.0462. The van der Waals surface area contributed by atoms with E-state index in [0.29, 0.717) is 26.4 Å². The molecule has 4 N–H and O–H groups in total. The van der Waals surface area contributed by atoms with Gasteiger partial charge in [-0.25, -0.2) is 0 Å². The lowest BCUT2D eigenvalue weighted by molar-refractivity contribution is 0.0879. The molecular weight excluding hydrogens is 825 g/mol. The molecule has 1 atom stereocenters. The Kier molecular flexibility index (Phi) is 63.0. The topological polar surface area (TPSA) is 155 Å². The van der Waals surface area contributed by atoms with Crippen molar-refractivity contribution >= 4 is 19.1 Å². The van der Waals surface area contributed by atoms with Crippen LogP contribution in [0, 0.1) is 0 Å². The summed E-state index contributed by atoms with van der Waals surface area (Å²) in [7, 11) is -0.543. The van der Waals surface area contributed by atoms with Crippen molar-refractivity contribution in [3.63, 3.8) is 0 Å². The summed E-state index contributed by atoms with van der Waals surface area (Å²) in [5, 5.41) is 35.3. The molecule has 1 unspecified atom stereocenters.